The van der Waals surface area contributed by atoms with Crippen LogP contribution in [-0.2, 0) is 4.79 Å². The van der Waals surface area contributed by atoms with Gasteiger partial charge in [0.05, 0.1) is 5.69 Å². The van der Waals surface area contributed by atoms with Gasteiger partial charge in [0.2, 0.25) is 0 Å². The van der Waals surface area contributed by atoms with Crippen LogP contribution in [0.3, 0.4) is 0 Å². The Morgan fingerprint density at radius 1 is 1.35 bits per heavy atom. The fourth-order valence-electron chi connectivity index (χ4n) is 2.47. The molecular weight excluding hydrogens is 254 g/mol. The van der Waals surface area contributed by atoms with E-state index in [9.17, 15) is 4.79 Å². The van der Waals surface area contributed by atoms with Crippen molar-refractivity contribution in [1.29, 1.82) is 0 Å². The first-order chi connectivity index (χ1) is 9.58. The molecule has 1 amide bonds. The molecule has 1 aliphatic heterocycles. The molecule has 2 N–H and O–H groups in total. The number of hydrogen-bond acceptors (Lipinski definition) is 4. The maximum Gasteiger partial charge on any atom is 0.260 e. The Balaban J connectivity index is 1.80. The van der Waals surface area contributed by atoms with Crippen LogP contribution in [0.15, 0.2) is 24.3 Å². The van der Waals surface area contributed by atoms with E-state index in [0.717, 1.165) is 25.9 Å². The van der Waals surface area contributed by atoms with Crippen LogP contribution in [0.4, 0.5) is 5.69 Å². The van der Waals surface area contributed by atoms with E-state index in [1.807, 2.05) is 17.0 Å². The van der Waals surface area contributed by atoms with Gasteiger partial charge in [-0.25, -0.2) is 0 Å². The van der Waals surface area contributed by atoms with E-state index >= 15 is 0 Å². The molecule has 0 radical (unpaired) electrons. The minimum absolute atomic E-state index is 0.0328. The lowest BCUT2D eigenvalue weighted by Crippen LogP contribution is -2.45. The second kappa shape index (κ2) is 6.61. The molecule has 1 fully saturated rings. The predicted molar refractivity (Wildman–Crippen MR) is 79.6 cm³/mol. The summed E-state index contributed by atoms with van der Waals surface area (Å²) in [5, 5.41) is 0. The number of nitrogens with zero attached hydrogens (tertiary/aromatic N) is 2. The van der Waals surface area contributed by atoms with Crippen LogP contribution in [-0.4, -0.2) is 55.5 Å². The predicted octanol–water partition coefficient (Wildman–Crippen LogP) is 1.20. The minimum atomic E-state index is 0.0328. The summed E-state index contributed by atoms with van der Waals surface area (Å²) in [5.74, 6) is 0.606. The third-order valence-electron chi connectivity index (χ3n) is 3.82. The van der Waals surface area contributed by atoms with E-state index in [4.69, 9.17) is 10.5 Å². The van der Waals surface area contributed by atoms with Gasteiger partial charge in [-0.15, -0.1) is 0 Å². The van der Waals surface area contributed by atoms with Gasteiger partial charge in [-0.05, 0) is 39.1 Å². The second-order valence-corrected chi connectivity index (χ2v) is 5.40. The number of carbonyl (C=O) groups excluding carboxylic acids is 1. The molecule has 0 spiro atoms. The fourth-order valence-corrected chi connectivity index (χ4v) is 2.47. The van der Waals surface area contributed by atoms with Gasteiger partial charge in [-0.3, -0.25) is 4.79 Å². The Hall–Kier alpha value is -1.75. The van der Waals surface area contributed by atoms with Crippen molar-refractivity contribution in [2.75, 3.05) is 39.5 Å². The van der Waals surface area contributed by atoms with Crippen molar-refractivity contribution in [3.05, 3.63) is 24.3 Å². The molecule has 1 aromatic rings. The molecule has 0 unspecified atom stereocenters. The number of amides is 1. The fraction of sp³-hybridized carbons (Fsp3) is 0.533. The molecule has 2 rings (SSSR count). The van der Waals surface area contributed by atoms with Crippen LogP contribution >= 0.6 is 0 Å². The monoisotopic (exact) mass is 277 g/mol. The van der Waals surface area contributed by atoms with Gasteiger partial charge in [-0.2, -0.15) is 0 Å². The summed E-state index contributed by atoms with van der Waals surface area (Å²) in [6.45, 7) is 1.66. The summed E-state index contributed by atoms with van der Waals surface area (Å²) >= 11 is 0. The molecule has 20 heavy (non-hydrogen) atoms. The second-order valence-electron chi connectivity index (χ2n) is 5.40. The topological polar surface area (TPSA) is 58.8 Å². The van der Waals surface area contributed by atoms with Gasteiger partial charge in [0.1, 0.15) is 5.75 Å². The highest BCUT2D eigenvalue weighted by atomic mass is 16.5. The first-order valence-electron chi connectivity index (χ1n) is 6.99. The maximum absolute atomic E-state index is 12.1. The smallest absolute Gasteiger partial charge is 0.260 e. The average Bonchev–Trinajstić information content (AvgIpc) is 2.46. The quantitative estimate of drug-likeness (QED) is 0.840. The molecule has 0 aromatic heterocycles. The van der Waals surface area contributed by atoms with Crippen molar-refractivity contribution in [3.63, 3.8) is 0 Å². The molecule has 1 aliphatic rings. The number of likely N-dealkylation sites (tertiary alicyclic amines) is 1. The van der Waals surface area contributed by atoms with Crippen molar-refractivity contribution in [1.82, 2.24) is 9.80 Å². The molecule has 5 heteroatoms. The molecule has 0 bridgehead atoms. The molecule has 1 heterocycles. The van der Waals surface area contributed by atoms with Crippen molar-refractivity contribution in [2.45, 2.75) is 18.9 Å². The lowest BCUT2D eigenvalue weighted by atomic mass is 10.0. The van der Waals surface area contributed by atoms with Crippen LogP contribution in [0.2, 0.25) is 0 Å². The average molecular weight is 277 g/mol. The Labute approximate surface area is 120 Å². The molecule has 1 saturated heterocycles. The van der Waals surface area contributed by atoms with Gasteiger partial charge < -0.3 is 20.3 Å². The lowest BCUT2D eigenvalue weighted by Gasteiger charge is -2.35. The normalized spacial score (nSPS) is 16.4. The van der Waals surface area contributed by atoms with E-state index in [2.05, 4.69) is 19.0 Å². The van der Waals surface area contributed by atoms with Crippen molar-refractivity contribution in [2.24, 2.45) is 0 Å². The van der Waals surface area contributed by atoms with Gasteiger partial charge in [0, 0.05) is 19.1 Å². The number of para-hydroxylation sites is 2. The Morgan fingerprint density at radius 3 is 2.60 bits per heavy atom. The Bertz CT molecular complexity index is 454. The summed E-state index contributed by atoms with van der Waals surface area (Å²) in [7, 11) is 4.17. The van der Waals surface area contributed by atoms with Gasteiger partial charge in [0.15, 0.2) is 6.61 Å². The number of hydrogen-bond donors (Lipinski definition) is 1. The zero-order valence-electron chi connectivity index (χ0n) is 12.2. The largest absolute Gasteiger partial charge is 0.482 e. The number of anilines is 1. The lowest BCUT2D eigenvalue weighted by molar-refractivity contribution is -0.134. The van der Waals surface area contributed by atoms with E-state index < -0.39 is 0 Å². The molecule has 1 aromatic carbocycles. The number of ether oxygens (including phenoxy) is 1. The third kappa shape index (κ3) is 3.63. The summed E-state index contributed by atoms with van der Waals surface area (Å²) in [6, 6.07) is 7.81. The van der Waals surface area contributed by atoms with E-state index in [0.29, 0.717) is 17.5 Å². The molecular formula is C15H23N3O2. The van der Waals surface area contributed by atoms with Crippen molar-refractivity contribution < 1.29 is 9.53 Å². The Kier molecular flexibility index (Phi) is 4.84. The molecule has 0 saturated carbocycles. The van der Waals surface area contributed by atoms with Gasteiger partial charge in [-0.1, -0.05) is 12.1 Å². The van der Waals surface area contributed by atoms with E-state index in [-0.39, 0.29) is 12.5 Å². The Morgan fingerprint density at radius 2 is 2.00 bits per heavy atom. The first kappa shape index (κ1) is 14.7. The van der Waals surface area contributed by atoms with Crippen LogP contribution in [0.5, 0.6) is 5.75 Å². The number of nitrogen functional groups attached to an aromatic ring is 1. The number of rotatable bonds is 4. The molecule has 5 nitrogen and oxygen atoms in total. The van der Waals surface area contributed by atoms with Gasteiger partial charge >= 0.3 is 0 Å². The maximum atomic E-state index is 12.1. The van der Waals surface area contributed by atoms with Crippen LogP contribution in [0, 0.1) is 0 Å². The number of benzene rings is 1. The number of carbonyl (C=O) groups is 1. The van der Waals surface area contributed by atoms with E-state index in [1.165, 1.54) is 0 Å². The molecule has 0 aliphatic carbocycles. The van der Waals surface area contributed by atoms with Gasteiger partial charge in [0.25, 0.3) is 5.91 Å². The number of nitrogens with two attached hydrogens (primary N) is 1. The first-order valence-corrected chi connectivity index (χ1v) is 6.99. The third-order valence-corrected chi connectivity index (χ3v) is 3.82. The highest BCUT2D eigenvalue weighted by molar-refractivity contribution is 5.78. The molecule has 110 valence electrons. The highest BCUT2D eigenvalue weighted by Gasteiger charge is 2.24. The summed E-state index contributed by atoms with van der Waals surface area (Å²) < 4.78 is 5.50. The zero-order valence-corrected chi connectivity index (χ0v) is 12.2. The standard InChI is InChI=1S/C15H23N3O2/c1-17(2)12-7-9-18(10-8-12)15(19)11-20-14-6-4-3-5-13(14)16/h3-6,12H,7-11,16H2,1-2H3. The summed E-state index contributed by atoms with van der Waals surface area (Å²) in [5.41, 5.74) is 6.34. The minimum Gasteiger partial charge on any atom is -0.482 e. The zero-order chi connectivity index (χ0) is 14.5. The van der Waals surface area contributed by atoms with E-state index in [1.54, 1.807) is 12.1 Å². The van der Waals surface area contributed by atoms with Crippen LogP contribution < -0.4 is 10.5 Å². The van der Waals surface area contributed by atoms with Crippen molar-refractivity contribution >= 4 is 11.6 Å². The number of piperidine rings is 1. The molecule has 0 atom stereocenters. The summed E-state index contributed by atoms with van der Waals surface area (Å²) in [6.07, 6.45) is 2.04. The highest BCUT2D eigenvalue weighted by Crippen LogP contribution is 2.20. The van der Waals surface area contributed by atoms with Crippen molar-refractivity contribution in [3.8, 4) is 5.75 Å². The van der Waals surface area contributed by atoms with Crippen LogP contribution in [0.25, 0.3) is 0 Å². The summed E-state index contributed by atoms with van der Waals surface area (Å²) in [4.78, 5) is 16.2. The SMILES string of the molecule is CN(C)C1CCN(C(=O)COc2ccccc2N)CC1. The van der Waals surface area contributed by atoms with Crippen LogP contribution in [0.1, 0.15) is 12.8 Å².